The number of hydrogen-bond acceptors (Lipinski definition) is 8. The summed E-state index contributed by atoms with van der Waals surface area (Å²) in [5.74, 6) is -0.782. The summed E-state index contributed by atoms with van der Waals surface area (Å²) in [6.45, 7) is 9.81. The maximum Gasteiger partial charge on any atom is 0.326 e. The molecular weight excluding hydrogens is 530 g/mol. The first-order valence-electron chi connectivity index (χ1n) is 13.4. The Labute approximate surface area is 237 Å². The van der Waals surface area contributed by atoms with Gasteiger partial charge in [-0.3, -0.25) is 24.5 Å². The highest BCUT2D eigenvalue weighted by Crippen LogP contribution is 2.39. The van der Waals surface area contributed by atoms with Crippen molar-refractivity contribution in [3.8, 4) is 11.1 Å². The van der Waals surface area contributed by atoms with Gasteiger partial charge in [-0.1, -0.05) is 38.6 Å². The van der Waals surface area contributed by atoms with Gasteiger partial charge in [0, 0.05) is 41.9 Å². The molecule has 10 nitrogen and oxygen atoms in total. The van der Waals surface area contributed by atoms with Crippen LogP contribution in [0.15, 0.2) is 42.5 Å². The van der Waals surface area contributed by atoms with Crippen molar-refractivity contribution < 1.29 is 28.8 Å². The Bertz CT molecular complexity index is 1270. The van der Waals surface area contributed by atoms with Crippen LogP contribution in [0, 0.1) is 16.0 Å². The summed E-state index contributed by atoms with van der Waals surface area (Å²) < 4.78 is 11.6. The number of nitro groups is 1. The lowest BCUT2D eigenvalue weighted by atomic mass is 9.92. The molecule has 0 saturated carbocycles. The third-order valence-corrected chi connectivity index (χ3v) is 9.32. The van der Waals surface area contributed by atoms with Crippen molar-refractivity contribution in [1.29, 1.82) is 0 Å². The van der Waals surface area contributed by atoms with Crippen molar-refractivity contribution in [2.45, 2.75) is 63.6 Å². The van der Waals surface area contributed by atoms with Crippen LogP contribution in [0.5, 0.6) is 0 Å². The standard InChI is InChI=1S/C29H37N3O7Si/c1-18-25-24(17-37-13-12-29(2,3)40-6)39-31(26(25)28(34)38-18)16-19-8-7-9-20(14-19)22-11-10-21(27(33)30(4)5)15-23(22)32(35)36/h7-11,14-15,18,24-26H,12-13,16-17H2,1-6H3/t18-,24?,25+,26-/m0/s1. The lowest BCUT2D eigenvalue weighted by molar-refractivity contribution is -0.384. The molecule has 0 spiro atoms. The number of carbonyl (C=O) groups excluding carboxylic acids is 2. The van der Waals surface area contributed by atoms with E-state index in [1.807, 2.05) is 25.1 Å². The van der Waals surface area contributed by atoms with Gasteiger partial charge in [0.1, 0.15) is 18.2 Å². The van der Waals surface area contributed by atoms with E-state index in [0.29, 0.717) is 30.9 Å². The molecule has 2 aliphatic rings. The summed E-state index contributed by atoms with van der Waals surface area (Å²) in [6.07, 6.45) is 0.340. The van der Waals surface area contributed by atoms with Crippen LogP contribution in [0.25, 0.3) is 11.1 Å². The Morgan fingerprint density at radius 2 is 1.98 bits per heavy atom. The second kappa shape index (κ2) is 12.2. The summed E-state index contributed by atoms with van der Waals surface area (Å²) in [7, 11) is 4.02. The van der Waals surface area contributed by atoms with E-state index in [1.165, 1.54) is 11.0 Å². The highest BCUT2D eigenvalue weighted by molar-refractivity contribution is 6.37. The number of amides is 1. The maximum atomic E-state index is 12.8. The van der Waals surface area contributed by atoms with E-state index in [9.17, 15) is 19.7 Å². The van der Waals surface area contributed by atoms with E-state index < -0.39 is 11.0 Å². The lowest BCUT2D eigenvalue weighted by Gasteiger charge is -2.23. The van der Waals surface area contributed by atoms with Crippen LogP contribution < -0.4 is 0 Å². The summed E-state index contributed by atoms with van der Waals surface area (Å²) in [5.41, 5.74) is 1.94. The van der Waals surface area contributed by atoms with Gasteiger partial charge in [-0.2, -0.15) is 5.06 Å². The molecule has 4 atom stereocenters. The lowest BCUT2D eigenvalue weighted by Crippen LogP contribution is -2.35. The molecule has 0 bridgehead atoms. The predicted molar refractivity (Wildman–Crippen MR) is 151 cm³/mol. The van der Waals surface area contributed by atoms with Crippen LogP contribution in [-0.2, 0) is 25.7 Å². The molecule has 2 aromatic rings. The molecule has 40 heavy (non-hydrogen) atoms. The maximum absolute atomic E-state index is 12.8. The fourth-order valence-electron chi connectivity index (χ4n) is 5.13. The summed E-state index contributed by atoms with van der Waals surface area (Å²) in [6, 6.07) is 11.3. The van der Waals surface area contributed by atoms with E-state index in [0.717, 1.165) is 21.5 Å². The van der Waals surface area contributed by atoms with E-state index >= 15 is 0 Å². The zero-order chi connectivity index (χ0) is 29.2. The topological polar surface area (TPSA) is 111 Å². The summed E-state index contributed by atoms with van der Waals surface area (Å²) >= 11 is 0. The van der Waals surface area contributed by atoms with Crippen LogP contribution in [0.1, 0.15) is 43.1 Å². The van der Waals surface area contributed by atoms with Crippen LogP contribution in [0.2, 0.25) is 11.6 Å². The Balaban J connectivity index is 1.52. The molecule has 2 radical (unpaired) electrons. The van der Waals surface area contributed by atoms with Gasteiger partial charge >= 0.3 is 5.97 Å². The average Bonchev–Trinajstić information content (AvgIpc) is 3.43. The first kappa shape index (κ1) is 29.8. The number of fused-ring (bicyclic) bond motifs is 1. The van der Waals surface area contributed by atoms with Gasteiger partial charge in [0.2, 0.25) is 0 Å². The van der Waals surface area contributed by atoms with Crippen LogP contribution in [0.4, 0.5) is 5.69 Å². The number of hydroxylamine groups is 2. The van der Waals surface area contributed by atoms with Crippen molar-refractivity contribution in [2.75, 3.05) is 27.3 Å². The molecule has 2 aromatic carbocycles. The van der Waals surface area contributed by atoms with Gasteiger partial charge in [-0.15, -0.1) is 0 Å². The minimum Gasteiger partial charge on any atom is -0.461 e. The van der Waals surface area contributed by atoms with Crippen LogP contribution >= 0.6 is 0 Å². The van der Waals surface area contributed by atoms with Gasteiger partial charge in [-0.05, 0) is 47.7 Å². The third kappa shape index (κ3) is 6.43. The number of rotatable bonds is 11. The monoisotopic (exact) mass is 567 g/mol. The normalized spacial score (nSPS) is 22.7. The van der Waals surface area contributed by atoms with Crippen molar-refractivity contribution in [1.82, 2.24) is 9.96 Å². The Morgan fingerprint density at radius 3 is 2.65 bits per heavy atom. The third-order valence-electron chi connectivity index (χ3n) is 7.71. The summed E-state index contributed by atoms with van der Waals surface area (Å²) in [4.78, 5) is 44.2. The molecule has 2 fully saturated rings. The smallest absolute Gasteiger partial charge is 0.326 e. The van der Waals surface area contributed by atoms with E-state index in [1.54, 1.807) is 37.4 Å². The quantitative estimate of drug-likeness (QED) is 0.129. The highest BCUT2D eigenvalue weighted by Gasteiger charge is 2.56. The van der Waals surface area contributed by atoms with Gasteiger partial charge in [0.15, 0.2) is 0 Å². The van der Waals surface area contributed by atoms with Gasteiger partial charge in [-0.25, -0.2) is 0 Å². The molecule has 0 N–H and O–H groups in total. The second-order valence-electron chi connectivity index (χ2n) is 11.2. The molecule has 2 saturated heterocycles. The van der Waals surface area contributed by atoms with Crippen molar-refractivity contribution in [3.05, 3.63) is 63.7 Å². The van der Waals surface area contributed by atoms with E-state index in [-0.39, 0.29) is 46.3 Å². The number of nitro benzene ring substituents is 1. The Morgan fingerprint density at radius 1 is 1.23 bits per heavy atom. The molecule has 214 valence electrons. The highest BCUT2D eigenvalue weighted by atomic mass is 28.2. The molecule has 4 rings (SSSR count). The van der Waals surface area contributed by atoms with E-state index in [4.69, 9.17) is 14.3 Å². The molecular formula is C29H37N3O7Si. The predicted octanol–water partition coefficient (Wildman–Crippen LogP) is 4.37. The fourth-order valence-corrected chi connectivity index (χ4v) is 5.49. The SMILES string of the molecule is C[Si]C(C)(C)CCOCC1ON(Cc2cccc(-c3ccc(C(=O)N(C)C)cc3[N+](=O)[O-])c2)[C@@H]2C(=O)O[C@@H](C)[C@H]12. The number of esters is 1. The zero-order valence-electron chi connectivity index (χ0n) is 23.9. The van der Waals surface area contributed by atoms with Crippen molar-refractivity contribution in [2.24, 2.45) is 5.92 Å². The molecule has 2 heterocycles. The fraction of sp³-hybridized carbons (Fsp3) is 0.517. The van der Waals surface area contributed by atoms with Crippen LogP contribution in [0.3, 0.4) is 0 Å². The number of cyclic esters (lactones) is 1. The minimum absolute atomic E-state index is 0.153. The van der Waals surface area contributed by atoms with Gasteiger partial charge in [0.25, 0.3) is 11.6 Å². The summed E-state index contributed by atoms with van der Waals surface area (Å²) in [5, 5.41) is 13.8. The van der Waals surface area contributed by atoms with Crippen LogP contribution in [-0.4, -0.2) is 81.8 Å². The first-order valence-corrected chi connectivity index (χ1v) is 14.9. The minimum atomic E-state index is -0.550. The molecule has 0 aliphatic carbocycles. The number of hydrogen-bond donors (Lipinski definition) is 0. The Hall–Kier alpha value is -3.12. The number of nitrogens with zero attached hydrogens (tertiary/aromatic N) is 3. The van der Waals surface area contributed by atoms with Gasteiger partial charge < -0.3 is 14.4 Å². The van der Waals surface area contributed by atoms with Crippen molar-refractivity contribution in [3.63, 3.8) is 0 Å². The first-order chi connectivity index (χ1) is 18.9. The molecule has 11 heteroatoms. The molecule has 2 aliphatic heterocycles. The zero-order valence-corrected chi connectivity index (χ0v) is 24.9. The molecule has 0 aromatic heterocycles. The number of carbonyl (C=O) groups is 2. The number of ether oxygens (including phenoxy) is 2. The van der Waals surface area contributed by atoms with Crippen molar-refractivity contribution >= 4 is 27.1 Å². The largest absolute Gasteiger partial charge is 0.461 e. The second-order valence-corrected chi connectivity index (χ2v) is 13.1. The molecule has 1 amide bonds. The number of benzene rings is 2. The average molecular weight is 568 g/mol. The van der Waals surface area contributed by atoms with E-state index in [2.05, 4.69) is 20.4 Å². The van der Waals surface area contributed by atoms with Gasteiger partial charge in [0.05, 0.1) is 29.6 Å². The molecule has 1 unspecified atom stereocenters. The Kier molecular flexibility index (Phi) is 9.08.